The Morgan fingerprint density at radius 2 is 1.96 bits per heavy atom. The zero-order valence-corrected chi connectivity index (χ0v) is 15.0. The highest BCUT2D eigenvalue weighted by atomic mass is 35.5. The zero-order chi connectivity index (χ0) is 18.9. The lowest BCUT2D eigenvalue weighted by atomic mass is 10.2. The number of H-pyrrole nitrogens is 1. The predicted octanol–water partition coefficient (Wildman–Crippen LogP) is 4.03. The number of benzene rings is 1. The van der Waals surface area contributed by atoms with E-state index in [-0.39, 0.29) is 31.7 Å². The maximum absolute atomic E-state index is 13.3. The fraction of sp³-hybridized carbons (Fsp3) is 0.0714. The van der Waals surface area contributed by atoms with Gasteiger partial charge >= 0.3 is 5.38 Å². The number of nitrogens with two attached hydrogens (primary N) is 1. The fourth-order valence-electron chi connectivity index (χ4n) is 1.82. The van der Waals surface area contributed by atoms with Gasteiger partial charge in [-0.2, -0.15) is 8.78 Å². The molecule has 0 aliphatic carbocycles. The van der Waals surface area contributed by atoms with E-state index in [2.05, 4.69) is 0 Å². The summed E-state index contributed by atoms with van der Waals surface area (Å²) in [6.45, 7) is 0. The van der Waals surface area contributed by atoms with Gasteiger partial charge in [-0.3, -0.25) is 14.4 Å². The average Bonchev–Trinajstić information content (AvgIpc) is 2.49. The number of nitrogens with one attached hydrogen (secondary N) is 1. The van der Waals surface area contributed by atoms with E-state index in [1.807, 2.05) is 4.98 Å². The molecule has 0 atom stereocenters. The van der Waals surface area contributed by atoms with Crippen LogP contribution in [-0.2, 0) is 5.38 Å². The molecule has 0 aliphatic rings. The molecule has 11 heteroatoms. The number of aromatic nitrogens is 1. The van der Waals surface area contributed by atoms with Crippen LogP contribution in [0.25, 0.3) is 0 Å². The minimum absolute atomic E-state index is 0.0612. The van der Waals surface area contributed by atoms with Crippen LogP contribution < -0.4 is 11.3 Å². The number of carbonyl (C=O) groups excluding carboxylic acids is 2. The molecule has 0 spiro atoms. The molecule has 5 nitrogen and oxygen atoms in total. The molecule has 0 fully saturated rings. The van der Waals surface area contributed by atoms with Crippen LogP contribution in [0.5, 0.6) is 0 Å². The van der Waals surface area contributed by atoms with E-state index in [0.717, 1.165) is 6.07 Å². The molecule has 1 heterocycles. The van der Waals surface area contributed by atoms with Crippen LogP contribution in [0.4, 0.5) is 8.78 Å². The predicted molar refractivity (Wildman–Crippen MR) is 91.3 cm³/mol. The van der Waals surface area contributed by atoms with Gasteiger partial charge < -0.3 is 10.7 Å². The largest absolute Gasteiger partial charge is 0.366 e. The number of amides is 1. The molecule has 2 aromatic rings. The van der Waals surface area contributed by atoms with Crippen molar-refractivity contribution >= 4 is 58.8 Å². The number of alkyl halides is 3. The van der Waals surface area contributed by atoms with E-state index in [0.29, 0.717) is 11.8 Å². The van der Waals surface area contributed by atoms with Crippen molar-refractivity contribution in [1.82, 2.24) is 4.98 Å². The molecule has 0 unspecified atom stereocenters. The smallest absolute Gasteiger partial charge is 0.362 e. The topological polar surface area (TPSA) is 93.0 Å². The third-order valence-electron chi connectivity index (χ3n) is 2.98. The summed E-state index contributed by atoms with van der Waals surface area (Å²) in [7, 11) is 0. The summed E-state index contributed by atoms with van der Waals surface area (Å²) < 4.78 is 26.6. The van der Waals surface area contributed by atoms with Gasteiger partial charge in [-0.25, -0.2) is 0 Å². The highest BCUT2D eigenvalue weighted by molar-refractivity contribution is 7.99. The molecule has 25 heavy (non-hydrogen) atoms. The van der Waals surface area contributed by atoms with Crippen molar-refractivity contribution in [2.75, 3.05) is 0 Å². The van der Waals surface area contributed by atoms with E-state index in [9.17, 15) is 23.2 Å². The summed E-state index contributed by atoms with van der Waals surface area (Å²) >= 11 is 17.7. The maximum Gasteiger partial charge on any atom is 0.362 e. The van der Waals surface area contributed by atoms with Crippen molar-refractivity contribution in [1.29, 1.82) is 0 Å². The second kappa shape index (κ2) is 7.33. The summed E-state index contributed by atoms with van der Waals surface area (Å²) in [5, 5.41) is -3.93. The first-order valence-corrected chi connectivity index (χ1v) is 8.26. The highest BCUT2D eigenvalue weighted by Crippen LogP contribution is 2.42. The second-order valence-corrected chi connectivity index (χ2v) is 6.92. The van der Waals surface area contributed by atoms with E-state index >= 15 is 0 Å². The first-order valence-electron chi connectivity index (χ1n) is 6.31. The lowest BCUT2D eigenvalue weighted by Gasteiger charge is -2.13. The van der Waals surface area contributed by atoms with Gasteiger partial charge in [-0.1, -0.05) is 35.0 Å². The molecule has 3 N–H and O–H groups in total. The number of carbonyl (C=O) groups is 2. The Morgan fingerprint density at radius 3 is 2.48 bits per heavy atom. The Morgan fingerprint density at radius 1 is 1.32 bits per heavy atom. The zero-order valence-electron chi connectivity index (χ0n) is 11.9. The Kier molecular flexibility index (Phi) is 5.78. The molecule has 0 saturated heterocycles. The maximum atomic E-state index is 13.3. The summed E-state index contributed by atoms with van der Waals surface area (Å²) in [5.41, 5.74) is 2.73. The van der Waals surface area contributed by atoms with Crippen molar-refractivity contribution in [3.63, 3.8) is 0 Å². The third-order valence-corrected chi connectivity index (χ3v) is 5.30. The SMILES string of the molecule is NC(=O)c1ccc(Cl)c(Sc2cc(C(F)(F)Cl)[nH]c(=O)c2C=O)c1Cl. The molecule has 0 aliphatic heterocycles. The van der Waals surface area contributed by atoms with Crippen LogP contribution in [0.1, 0.15) is 26.4 Å². The first kappa shape index (κ1) is 19.7. The fourth-order valence-corrected chi connectivity index (χ4v) is 3.63. The molecule has 0 bridgehead atoms. The van der Waals surface area contributed by atoms with Crippen LogP contribution in [-0.4, -0.2) is 17.2 Å². The Bertz CT molecular complexity index is 929. The molecule has 1 aromatic carbocycles. The number of rotatable bonds is 5. The van der Waals surface area contributed by atoms with Crippen LogP contribution in [0.2, 0.25) is 10.0 Å². The molecule has 0 saturated carbocycles. The van der Waals surface area contributed by atoms with Gasteiger partial charge in [0.25, 0.3) is 5.56 Å². The monoisotopic (exact) mass is 426 g/mol. The normalized spacial score (nSPS) is 11.4. The number of pyridine rings is 1. The number of hydrogen-bond donors (Lipinski definition) is 2. The van der Waals surface area contributed by atoms with Crippen LogP contribution in [0.3, 0.4) is 0 Å². The van der Waals surface area contributed by atoms with Gasteiger partial charge in [0.2, 0.25) is 5.91 Å². The van der Waals surface area contributed by atoms with Crippen molar-refractivity contribution in [2.45, 2.75) is 15.2 Å². The molecule has 132 valence electrons. The summed E-state index contributed by atoms with van der Waals surface area (Å²) in [4.78, 5) is 36.1. The van der Waals surface area contributed by atoms with Crippen molar-refractivity contribution in [3.05, 3.63) is 55.4 Å². The average molecular weight is 428 g/mol. The van der Waals surface area contributed by atoms with E-state index in [1.165, 1.54) is 12.1 Å². The number of aromatic amines is 1. The Balaban J connectivity index is 2.67. The lowest BCUT2D eigenvalue weighted by molar-refractivity contribution is 0.0891. The third kappa shape index (κ3) is 4.14. The van der Waals surface area contributed by atoms with Gasteiger partial charge in [0.05, 0.1) is 26.1 Å². The van der Waals surface area contributed by atoms with E-state index in [4.69, 9.17) is 40.5 Å². The number of halogens is 5. The van der Waals surface area contributed by atoms with Gasteiger partial charge in [0.15, 0.2) is 6.29 Å². The van der Waals surface area contributed by atoms with Crippen LogP contribution >= 0.6 is 46.6 Å². The van der Waals surface area contributed by atoms with E-state index in [1.54, 1.807) is 0 Å². The van der Waals surface area contributed by atoms with Crippen molar-refractivity contribution in [2.24, 2.45) is 5.73 Å². The van der Waals surface area contributed by atoms with Gasteiger partial charge in [-0.05, 0) is 29.8 Å². The second-order valence-electron chi connectivity index (χ2n) is 4.61. The molecule has 1 amide bonds. The molecule has 0 radical (unpaired) electrons. The number of aldehydes is 1. The lowest BCUT2D eigenvalue weighted by Crippen LogP contribution is -2.20. The Labute approximate surface area is 158 Å². The minimum Gasteiger partial charge on any atom is -0.366 e. The summed E-state index contributed by atoms with van der Waals surface area (Å²) in [6, 6.07) is 3.43. The van der Waals surface area contributed by atoms with E-state index < -0.39 is 28.1 Å². The van der Waals surface area contributed by atoms with Gasteiger partial charge in [-0.15, -0.1) is 0 Å². The minimum atomic E-state index is -3.86. The van der Waals surface area contributed by atoms with Crippen LogP contribution in [0, 0.1) is 0 Å². The molecule has 2 rings (SSSR count). The quantitative estimate of drug-likeness (QED) is 0.556. The molecular formula is C14H7Cl3F2N2O3S. The highest BCUT2D eigenvalue weighted by Gasteiger charge is 2.31. The summed E-state index contributed by atoms with van der Waals surface area (Å²) in [5.74, 6) is -0.835. The van der Waals surface area contributed by atoms with Gasteiger partial charge in [0.1, 0.15) is 5.69 Å². The molecular weight excluding hydrogens is 421 g/mol. The summed E-state index contributed by atoms with van der Waals surface area (Å²) in [6.07, 6.45) is 0.192. The Hall–Kier alpha value is -1.61. The van der Waals surface area contributed by atoms with Crippen LogP contribution in [0.15, 0.2) is 32.8 Å². The van der Waals surface area contributed by atoms with Crippen molar-refractivity contribution in [3.8, 4) is 0 Å². The molecule has 1 aromatic heterocycles. The van der Waals surface area contributed by atoms with Crippen molar-refractivity contribution < 1.29 is 18.4 Å². The number of primary amides is 1. The first-order chi connectivity index (χ1) is 11.6. The standard InChI is InChI=1S/C14H7Cl3F2N2O3S/c15-7-2-1-5(12(20)23)10(16)11(7)25-8-3-9(14(17,18)19)21-13(24)6(8)4-22/h1-4H,(H2,20,23)(H,21,24). The van der Waals surface area contributed by atoms with Gasteiger partial charge in [0, 0.05) is 4.90 Å². The number of hydrogen-bond acceptors (Lipinski definition) is 4.